The van der Waals surface area contributed by atoms with Gasteiger partial charge < -0.3 is 0 Å². The van der Waals surface area contributed by atoms with Crippen LogP contribution in [0.15, 0.2) is 47.4 Å². The molecule has 2 aromatic carbocycles. The molecule has 0 atom stereocenters. The molecule has 3 nitrogen and oxygen atoms in total. The van der Waals surface area contributed by atoms with E-state index in [-0.39, 0.29) is 0 Å². The molecule has 0 aromatic heterocycles. The van der Waals surface area contributed by atoms with Crippen molar-refractivity contribution in [3.8, 4) is 0 Å². The molecular weight excluding hydrogens is 294 g/mol. The van der Waals surface area contributed by atoms with E-state index in [2.05, 4.69) is 11.6 Å². The van der Waals surface area contributed by atoms with E-state index in [1.165, 1.54) is 5.56 Å². The van der Waals surface area contributed by atoms with Gasteiger partial charge in [-0.25, -0.2) is 8.42 Å². The number of hydrogen-bond donors (Lipinski definition) is 1. The van der Waals surface area contributed by atoms with Crippen LogP contribution in [0, 0.1) is 13.8 Å². The van der Waals surface area contributed by atoms with Gasteiger partial charge in [-0.05, 0) is 61.6 Å². The minimum Gasteiger partial charge on any atom is -0.279 e. The van der Waals surface area contributed by atoms with E-state index >= 15 is 0 Å². The maximum atomic E-state index is 12.5. The highest BCUT2D eigenvalue weighted by molar-refractivity contribution is 7.92. The second kappa shape index (κ2) is 6.97. The van der Waals surface area contributed by atoms with Crippen LogP contribution in [0.1, 0.15) is 36.5 Å². The Morgan fingerprint density at radius 3 is 2.32 bits per heavy atom. The molecule has 0 bridgehead atoms. The zero-order chi connectivity index (χ0) is 16.2. The Hall–Kier alpha value is -1.81. The van der Waals surface area contributed by atoms with Crippen molar-refractivity contribution in [1.29, 1.82) is 0 Å². The van der Waals surface area contributed by atoms with E-state index in [1.807, 2.05) is 38.1 Å². The first-order valence-corrected chi connectivity index (χ1v) is 9.10. The molecule has 0 fully saturated rings. The summed E-state index contributed by atoms with van der Waals surface area (Å²) in [6.45, 7) is 6.03. The lowest BCUT2D eigenvalue weighted by Crippen LogP contribution is -2.14. The molecule has 0 unspecified atom stereocenters. The van der Waals surface area contributed by atoms with Crippen LogP contribution in [0.2, 0.25) is 0 Å². The van der Waals surface area contributed by atoms with Gasteiger partial charge in [0.15, 0.2) is 0 Å². The number of hydrogen-bond acceptors (Lipinski definition) is 2. The van der Waals surface area contributed by atoms with Crippen LogP contribution in [0.4, 0.5) is 5.69 Å². The molecule has 0 spiro atoms. The normalized spacial score (nSPS) is 11.4. The molecule has 0 aliphatic rings. The van der Waals surface area contributed by atoms with Crippen LogP contribution in [0.5, 0.6) is 0 Å². The van der Waals surface area contributed by atoms with Gasteiger partial charge in [-0.3, -0.25) is 4.72 Å². The second-order valence-electron chi connectivity index (χ2n) is 5.60. The van der Waals surface area contributed by atoms with E-state index < -0.39 is 10.0 Å². The van der Waals surface area contributed by atoms with Crippen molar-refractivity contribution >= 4 is 15.7 Å². The molecule has 2 rings (SSSR count). The zero-order valence-corrected chi connectivity index (χ0v) is 14.2. The summed E-state index contributed by atoms with van der Waals surface area (Å²) in [5.74, 6) is 0. The lowest BCUT2D eigenvalue weighted by atomic mass is 10.1. The number of rotatable bonds is 6. The quantitative estimate of drug-likeness (QED) is 0.855. The Kier molecular flexibility index (Phi) is 5.24. The molecule has 0 amide bonds. The summed E-state index contributed by atoms with van der Waals surface area (Å²) in [5.41, 5.74) is 3.82. The summed E-state index contributed by atoms with van der Waals surface area (Å²) in [4.78, 5) is 0.300. The molecule has 0 saturated heterocycles. The molecule has 1 N–H and O–H groups in total. The van der Waals surface area contributed by atoms with E-state index in [1.54, 1.807) is 18.2 Å². The Morgan fingerprint density at radius 1 is 1.00 bits per heavy atom. The van der Waals surface area contributed by atoms with E-state index in [9.17, 15) is 8.42 Å². The molecule has 0 radical (unpaired) electrons. The molecule has 0 heterocycles. The standard InChI is InChI=1S/C18H23NO2S/c1-4-5-8-16-10-12-17(13-11-16)22(20,21)19-18-9-6-7-14(2)15(18)3/h6-7,9-13,19H,4-5,8H2,1-3H3. The number of aryl methyl sites for hydroxylation is 2. The fourth-order valence-electron chi connectivity index (χ4n) is 2.28. The average molecular weight is 317 g/mol. The van der Waals surface area contributed by atoms with Crippen molar-refractivity contribution in [2.75, 3.05) is 4.72 Å². The summed E-state index contributed by atoms with van der Waals surface area (Å²) in [5, 5.41) is 0. The highest BCUT2D eigenvalue weighted by Gasteiger charge is 2.15. The van der Waals surface area contributed by atoms with Gasteiger partial charge in [-0.15, -0.1) is 0 Å². The molecule has 22 heavy (non-hydrogen) atoms. The predicted molar refractivity (Wildman–Crippen MR) is 91.8 cm³/mol. The third-order valence-electron chi connectivity index (χ3n) is 3.90. The summed E-state index contributed by atoms with van der Waals surface area (Å²) in [6, 6.07) is 12.8. The molecule has 0 saturated carbocycles. The number of anilines is 1. The number of benzene rings is 2. The fraction of sp³-hybridized carbons (Fsp3) is 0.333. The largest absolute Gasteiger partial charge is 0.279 e. The molecule has 118 valence electrons. The lowest BCUT2D eigenvalue weighted by Gasteiger charge is -2.12. The first-order chi connectivity index (χ1) is 10.4. The van der Waals surface area contributed by atoms with Gasteiger partial charge in [0.25, 0.3) is 10.0 Å². The van der Waals surface area contributed by atoms with Crippen LogP contribution in [-0.2, 0) is 16.4 Å². The van der Waals surface area contributed by atoms with Crippen molar-refractivity contribution in [2.24, 2.45) is 0 Å². The van der Waals surface area contributed by atoms with Crippen LogP contribution in [0.25, 0.3) is 0 Å². The lowest BCUT2D eigenvalue weighted by molar-refractivity contribution is 0.601. The Morgan fingerprint density at radius 2 is 1.68 bits per heavy atom. The highest BCUT2D eigenvalue weighted by Crippen LogP contribution is 2.22. The Labute approximate surface area is 133 Å². The maximum absolute atomic E-state index is 12.5. The molecule has 0 aliphatic heterocycles. The van der Waals surface area contributed by atoms with Gasteiger partial charge in [-0.1, -0.05) is 37.6 Å². The average Bonchev–Trinajstić information content (AvgIpc) is 2.50. The maximum Gasteiger partial charge on any atom is 0.261 e. The summed E-state index contributed by atoms with van der Waals surface area (Å²) >= 11 is 0. The monoisotopic (exact) mass is 317 g/mol. The van der Waals surface area contributed by atoms with Crippen LogP contribution >= 0.6 is 0 Å². The fourth-order valence-corrected chi connectivity index (χ4v) is 3.40. The van der Waals surface area contributed by atoms with Gasteiger partial charge in [0.2, 0.25) is 0 Å². The van der Waals surface area contributed by atoms with Crippen molar-refractivity contribution < 1.29 is 8.42 Å². The van der Waals surface area contributed by atoms with Crippen molar-refractivity contribution in [3.63, 3.8) is 0 Å². The molecular formula is C18H23NO2S. The minimum absolute atomic E-state index is 0.300. The molecule has 0 aliphatic carbocycles. The van der Waals surface area contributed by atoms with Crippen LogP contribution in [-0.4, -0.2) is 8.42 Å². The number of nitrogens with one attached hydrogen (secondary N) is 1. The minimum atomic E-state index is -3.54. The van der Waals surface area contributed by atoms with Crippen molar-refractivity contribution in [1.82, 2.24) is 0 Å². The molecule has 4 heteroatoms. The van der Waals surface area contributed by atoms with Crippen LogP contribution in [0.3, 0.4) is 0 Å². The van der Waals surface area contributed by atoms with E-state index in [4.69, 9.17) is 0 Å². The van der Waals surface area contributed by atoms with Gasteiger partial charge in [0.05, 0.1) is 10.6 Å². The van der Waals surface area contributed by atoms with Gasteiger partial charge in [-0.2, -0.15) is 0 Å². The number of sulfonamides is 1. The number of unbranched alkanes of at least 4 members (excludes halogenated alkanes) is 1. The Balaban J connectivity index is 2.21. The summed E-state index contributed by atoms with van der Waals surface area (Å²) in [7, 11) is -3.54. The zero-order valence-electron chi connectivity index (χ0n) is 13.4. The molecule has 2 aromatic rings. The SMILES string of the molecule is CCCCc1ccc(S(=O)(=O)Nc2cccc(C)c2C)cc1. The summed E-state index contributed by atoms with van der Waals surface area (Å²) < 4.78 is 27.6. The summed E-state index contributed by atoms with van der Waals surface area (Å²) in [6.07, 6.45) is 3.24. The second-order valence-corrected chi connectivity index (χ2v) is 7.28. The van der Waals surface area contributed by atoms with E-state index in [0.29, 0.717) is 10.6 Å². The Bertz CT molecular complexity index is 734. The third-order valence-corrected chi connectivity index (χ3v) is 5.28. The predicted octanol–water partition coefficient (Wildman–Crippen LogP) is 4.45. The third kappa shape index (κ3) is 3.89. The first kappa shape index (κ1) is 16.6. The first-order valence-electron chi connectivity index (χ1n) is 7.62. The van der Waals surface area contributed by atoms with Crippen molar-refractivity contribution in [2.45, 2.75) is 44.9 Å². The smallest absolute Gasteiger partial charge is 0.261 e. The van der Waals surface area contributed by atoms with Gasteiger partial charge >= 0.3 is 0 Å². The van der Waals surface area contributed by atoms with Gasteiger partial charge in [0.1, 0.15) is 0 Å². The van der Waals surface area contributed by atoms with E-state index in [0.717, 1.165) is 30.4 Å². The topological polar surface area (TPSA) is 46.2 Å². The van der Waals surface area contributed by atoms with Gasteiger partial charge in [0, 0.05) is 0 Å². The van der Waals surface area contributed by atoms with Crippen molar-refractivity contribution in [3.05, 3.63) is 59.2 Å². The highest BCUT2D eigenvalue weighted by atomic mass is 32.2. The van der Waals surface area contributed by atoms with Crippen LogP contribution < -0.4 is 4.72 Å².